The van der Waals surface area contributed by atoms with Gasteiger partial charge in [-0.1, -0.05) is 39.8 Å². The number of anilines is 1. The Morgan fingerprint density at radius 1 is 1.42 bits per heavy atom. The lowest BCUT2D eigenvalue weighted by atomic mass is 10.1. The molecule has 0 bridgehead atoms. The van der Waals surface area contributed by atoms with Gasteiger partial charge in [-0.15, -0.1) is 0 Å². The SMILES string of the molecule is C=C(/N=C\c1cc(NCC(C)CC)cn1C)c1cccc(CC)n1. The maximum atomic E-state index is 4.56. The molecule has 0 aliphatic heterocycles. The van der Waals surface area contributed by atoms with Crippen LogP contribution in [0.15, 0.2) is 42.0 Å². The number of aryl methyl sites for hydroxylation is 2. The molecule has 1 N–H and O–H groups in total. The highest BCUT2D eigenvalue weighted by molar-refractivity contribution is 5.84. The highest BCUT2D eigenvalue weighted by Crippen LogP contribution is 2.15. The first kappa shape index (κ1) is 18.0. The van der Waals surface area contributed by atoms with Crippen LogP contribution in [0.5, 0.6) is 0 Å². The number of aromatic nitrogens is 2. The van der Waals surface area contributed by atoms with Crippen molar-refractivity contribution in [3.8, 4) is 0 Å². The molecule has 2 aromatic heterocycles. The molecule has 0 aromatic carbocycles. The van der Waals surface area contributed by atoms with E-state index in [4.69, 9.17) is 0 Å². The molecule has 1 unspecified atom stereocenters. The second kappa shape index (κ2) is 8.48. The molecule has 0 radical (unpaired) electrons. The van der Waals surface area contributed by atoms with Crippen molar-refractivity contribution in [1.29, 1.82) is 0 Å². The summed E-state index contributed by atoms with van der Waals surface area (Å²) >= 11 is 0. The highest BCUT2D eigenvalue weighted by Gasteiger charge is 2.04. The molecule has 2 rings (SSSR count). The van der Waals surface area contributed by atoms with Crippen LogP contribution in [-0.2, 0) is 13.5 Å². The van der Waals surface area contributed by atoms with Gasteiger partial charge in [-0.05, 0) is 30.5 Å². The van der Waals surface area contributed by atoms with Crippen LogP contribution in [0, 0.1) is 5.92 Å². The number of aliphatic imine (C=N–C) groups is 1. The molecule has 0 saturated heterocycles. The first-order chi connectivity index (χ1) is 11.5. The zero-order chi connectivity index (χ0) is 17.5. The fraction of sp³-hybridized carbons (Fsp3) is 0.400. The Morgan fingerprint density at radius 2 is 2.21 bits per heavy atom. The molecule has 0 fully saturated rings. The summed E-state index contributed by atoms with van der Waals surface area (Å²) in [6.45, 7) is 11.6. The van der Waals surface area contributed by atoms with Crippen molar-refractivity contribution in [1.82, 2.24) is 9.55 Å². The van der Waals surface area contributed by atoms with E-state index in [0.717, 1.165) is 35.7 Å². The average Bonchev–Trinajstić information content (AvgIpc) is 2.97. The Kier molecular flexibility index (Phi) is 6.36. The third-order valence-electron chi connectivity index (χ3n) is 4.21. The van der Waals surface area contributed by atoms with Crippen molar-refractivity contribution >= 4 is 17.6 Å². The van der Waals surface area contributed by atoms with Gasteiger partial charge >= 0.3 is 0 Å². The second-order valence-corrected chi connectivity index (χ2v) is 6.23. The minimum Gasteiger partial charge on any atom is -0.384 e. The molecule has 1 atom stereocenters. The predicted molar refractivity (Wildman–Crippen MR) is 104 cm³/mol. The lowest BCUT2D eigenvalue weighted by molar-refractivity contribution is 0.593. The maximum absolute atomic E-state index is 4.56. The molecule has 0 saturated carbocycles. The Hall–Kier alpha value is -2.36. The molecule has 4 heteroatoms. The average molecular weight is 324 g/mol. The van der Waals surface area contributed by atoms with Crippen LogP contribution < -0.4 is 5.32 Å². The standard InChI is InChI=1S/C20H28N4/c1-6-15(3)12-22-18-11-19(24(5)14-18)13-21-16(4)20-10-8-9-17(7-2)23-20/h8-11,13-15,22H,4,6-7,12H2,1-3,5H3/b21-13-. The van der Waals surface area contributed by atoms with Gasteiger partial charge in [0, 0.05) is 25.5 Å². The predicted octanol–water partition coefficient (Wildman–Crippen LogP) is 4.53. The van der Waals surface area contributed by atoms with Gasteiger partial charge in [-0.25, -0.2) is 0 Å². The second-order valence-electron chi connectivity index (χ2n) is 6.23. The van der Waals surface area contributed by atoms with E-state index in [-0.39, 0.29) is 0 Å². The van der Waals surface area contributed by atoms with Crippen molar-refractivity contribution < 1.29 is 0 Å². The van der Waals surface area contributed by atoms with Crippen molar-refractivity contribution in [2.45, 2.75) is 33.6 Å². The summed E-state index contributed by atoms with van der Waals surface area (Å²) in [5.41, 5.74) is 4.72. The van der Waals surface area contributed by atoms with Crippen LogP contribution in [0.3, 0.4) is 0 Å². The molecular formula is C20H28N4. The number of hydrogen-bond acceptors (Lipinski definition) is 3. The maximum Gasteiger partial charge on any atom is 0.0883 e. The number of hydrogen-bond donors (Lipinski definition) is 1. The Morgan fingerprint density at radius 3 is 2.92 bits per heavy atom. The van der Waals surface area contributed by atoms with Crippen molar-refractivity contribution in [3.63, 3.8) is 0 Å². The number of nitrogens with one attached hydrogen (secondary N) is 1. The van der Waals surface area contributed by atoms with Crippen LogP contribution >= 0.6 is 0 Å². The molecule has 24 heavy (non-hydrogen) atoms. The molecule has 0 aliphatic rings. The van der Waals surface area contributed by atoms with Gasteiger partial charge in [0.1, 0.15) is 0 Å². The van der Waals surface area contributed by atoms with E-state index in [2.05, 4.69) is 59.5 Å². The molecular weight excluding hydrogens is 296 g/mol. The normalized spacial score (nSPS) is 12.5. The monoisotopic (exact) mass is 324 g/mol. The quantitative estimate of drug-likeness (QED) is 0.725. The van der Waals surface area contributed by atoms with E-state index >= 15 is 0 Å². The first-order valence-corrected chi connectivity index (χ1v) is 8.63. The zero-order valence-electron chi connectivity index (χ0n) is 15.2. The largest absolute Gasteiger partial charge is 0.384 e. The van der Waals surface area contributed by atoms with Gasteiger partial charge in [0.15, 0.2) is 0 Å². The lowest BCUT2D eigenvalue weighted by Gasteiger charge is -2.09. The molecule has 0 amide bonds. The molecule has 0 spiro atoms. The molecule has 2 aromatic rings. The van der Waals surface area contributed by atoms with E-state index in [1.807, 2.05) is 31.5 Å². The molecule has 4 nitrogen and oxygen atoms in total. The van der Waals surface area contributed by atoms with E-state index in [1.54, 1.807) is 0 Å². The molecule has 128 valence electrons. The van der Waals surface area contributed by atoms with Gasteiger partial charge in [0.05, 0.1) is 29.0 Å². The number of pyridine rings is 1. The van der Waals surface area contributed by atoms with Crippen LogP contribution in [0.25, 0.3) is 5.70 Å². The number of nitrogens with zero attached hydrogens (tertiary/aromatic N) is 3. The minimum absolute atomic E-state index is 0.666. The fourth-order valence-electron chi connectivity index (χ4n) is 2.29. The summed E-state index contributed by atoms with van der Waals surface area (Å²) in [6.07, 6.45) is 6.02. The summed E-state index contributed by atoms with van der Waals surface area (Å²) in [5, 5.41) is 3.47. The van der Waals surface area contributed by atoms with E-state index in [9.17, 15) is 0 Å². The third-order valence-corrected chi connectivity index (χ3v) is 4.21. The smallest absolute Gasteiger partial charge is 0.0883 e. The Balaban J connectivity index is 2.05. The number of rotatable bonds is 8. The summed E-state index contributed by atoms with van der Waals surface area (Å²) in [4.78, 5) is 9.05. The third kappa shape index (κ3) is 4.82. The summed E-state index contributed by atoms with van der Waals surface area (Å²) in [7, 11) is 2.02. The molecule has 0 aliphatic carbocycles. The van der Waals surface area contributed by atoms with E-state index in [1.165, 1.54) is 6.42 Å². The highest BCUT2D eigenvalue weighted by atomic mass is 15.0. The minimum atomic E-state index is 0.666. The van der Waals surface area contributed by atoms with Crippen molar-refractivity contribution in [2.24, 2.45) is 18.0 Å². The van der Waals surface area contributed by atoms with Gasteiger partial charge in [0.25, 0.3) is 0 Å². The van der Waals surface area contributed by atoms with Crippen LogP contribution in [-0.4, -0.2) is 22.3 Å². The summed E-state index contributed by atoms with van der Waals surface area (Å²) in [6, 6.07) is 8.08. The Labute approximate surface area is 145 Å². The van der Waals surface area contributed by atoms with Crippen molar-refractivity contribution in [2.75, 3.05) is 11.9 Å². The van der Waals surface area contributed by atoms with Crippen molar-refractivity contribution in [3.05, 3.63) is 54.1 Å². The van der Waals surface area contributed by atoms with Crippen LogP contribution in [0.1, 0.15) is 44.3 Å². The van der Waals surface area contributed by atoms with E-state index in [0.29, 0.717) is 11.6 Å². The van der Waals surface area contributed by atoms with Gasteiger partial charge in [-0.2, -0.15) is 0 Å². The van der Waals surface area contributed by atoms with Gasteiger partial charge in [-0.3, -0.25) is 9.98 Å². The van der Waals surface area contributed by atoms with Gasteiger partial charge < -0.3 is 9.88 Å². The fourth-order valence-corrected chi connectivity index (χ4v) is 2.29. The van der Waals surface area contributed by atoms with E-state index < -0.39 is 0 Å². The molecule has 2 heterocycles. The summed E-state index contributed by atoms with van der Waals surface area (Å²) < 4.78 is 2.06. The Bertz CT molecular complexity index is 712. The van der Waals surface area contributed by atoms with Crippen LogP contribution in [0.2, 0.25) is 0 Å². The van der Waals surface area contributed by atoms with Crippen LogP contribution in [0.4, 0.5) is 5.69 Å². The van der Waals surface area contributed by atoms with Gasteiger partial charge in [0.2, 0.25) is 0 Å². The lowest BCUT2D eigenvalue weighted by Crippen LogP contribution is -2.09. The zero-order valence-corrected chi connectivity index (χ0v) is 15.2. The summed E-state index contributed by atoms with van der Waals surface area (Å²) in [5.74, 6) is 0.666. The first-order valence-electron chi connectivity index (χ1n) is 8.63. The topological polar surface area (TPSA) is 42.2 Å².